The summed E-state index contributed by atoms with van der Waals surface area (Å²) < 4.78 is 11.5. The zero-order valence-corrected chi connectivity index (χ0v) is 21.0. The fraction of sp³-hybridized carbons (Fsp3) is 0.423. The minimum atomic E-state index is -0.963. The van der Waals surface area contributed by atoms with Crippen LogP contribution in [0.3, 0.4) is 0 Å². The number of aliphatic hydroxyl groups is 1. The highest BCUT2D eigenvalue weighted by Crippen LogP contribution is 2.57. The Kier molecular flexibility index (Phi) is 7.15. The van der Waals surface area contributed by atoms with Crippen LogP contribution in [0, 0.1) is 5.41 Å². The molecule has 10 heteroatoms. The highest BCUT2D eigenvalue weighted by atomic mass is 35.5. The van der Waals surface area contributed by atoms with Crippen LogP contribution in [0.25, 0.3) is 5.57 Å². The second kappa shape index (κ2) is 9.99. The van der Waals surface area contributed by atoms with E-state index in [-0.39, 0.29) is 35.6 Å². The van der Waals surface area contributed by atoms with E-state index in [0.717, 1.165) is 25.7 Å². The summed E-state index contributed by atoms with van der Waals surface area (Å²) in [5, 5.41) is 13.3. The number of ether oxygens (including phenoxy) is 2. The predicted octanol–water partition coefficient (Wildman–Crippen LogP) is 2.79. The number of carbonyl (C=O) groups is 2. The minimum Gasteiger partial charge on any atom is -0.490 e. The number of rotatable bonds is 9. The summed E-state index contributed by atoms with van der Waals surface area (Å²) in [5.74, 6) is 0.0469. The summed E-state index contributed by atoms with van der Waals surface area (Å²) in [7, 11) is 0. The number of halogens is 1. The Morgan fingerprint density at radius 3 is 2.56 bits per heavy atom. The molecule has 1 aromatic carbocycles. The van der Waals surface area contributed by atoms with Gasteiger partial charge < -0.3 is 31.4 Å². The number of hydrogen-bond acceptors (Lipinski definition) is 7. The molecule has 9 nitrogen and oxygen atoms in total. The highest BCUT2D eigenvalue weighted by Gasteiger charge is 2.54. The lowest BCUT2D eigenvalue weighted by atomic mass is 9.53. The van der Waals surface area contributed by atoms with E-state index in [4.69, 9.17) is 32.5 Å². The van der Waals surface area contributed by atoms with Crippen molar-refractivity contribution in [2.24, 2.45) is 16.9 Å². The molecule has 0 atom stereocenters. The van der Waals surface area contributed by atoms with Crippen molar-refractivity contribution in [1.29, 1.82) is 0 Å². The van der Waals surface area contributed by atoms with Gasteiger partial charge in [-0.1, -0.05) is 11.6 Å². The standard InChI is InChI=1S/C26H31ClN4O5/c1-25(2,34)14-35-17-4-6-21(30-13-17)20(12-28)24(33)31-16-8-26(9-16)10-18(11-26)36-22-7-15(27)3-5-19(22)23(29)32/h3-7,12-13,16,18,34H,8-11,14,28H2,1-2H3,(H2,29,32)(H,31,33). The van der Waals surface area contributed by atoms with Gasteiger partial charge in [-0.3, -0.25) is 14.6 Å². The average Bonchev–Trinajstić information content (AvgIpc) is 2.75. The third kappa shape index (κ3) is 5.91. The van der Waals surface area contributed by atoms with E-state index in [1.54, 1.807) is 44.2 Å². The number of carbonyl (C=O) groups excluding carboxylic acids is 2. The van der Waals surface area contributed by atoms with Crippen LogP contribution in [0.1, 0.15) is 55.6 Å². The summed E-state index contributed by atoms with van der Waals surface area (Å²) >= 11 is 6.04. The summed E-state index contributed by atoms with van der Waals surface area (Å²) in [6.45, 7) is 3.42. The molecule has 4 rings (SSSR count). The third-order valence-corrected chi connectivity index (χ3v) is 6.77. The second-order valence-electron chi connectivity index (χ2n) is 10.3. The van der Waals surface area contributed by atoms with Crippen molar-refractivity contribution in [3.05, 3.63) is 59.0 Å². The zero-order valence-electron chi connectivity index (χ0n) is 20.3. The molecule has 0 saturated heterocycles. The molecule has 0 radical (unpaired) electrons. The SMILES string of the molecule is CC(C)(O)COc1ccc(C(=CN)C(=O)NC2CC3(C2)CC(Oc2cc(Cl)ccc2C(N)=O)C3)nc1. The number of aromatic nitrogens is 1. The molecule has 2 amide bonds. The van der Waals surface area contributed by atoms with E-state index >= 15 is 0 Å². The molecule has 2 saturated carbocycles. The molecule has 2 aliphatic rings. The van der Waals surface area contributed by atoms with Gasteiger partial charge >= 0.3 is 0 Å². The Morgan fingerprint density at radius 1 is 1.25 bits per heavy atom. The van der Waals surface area contributed by atoms with E-state index in [0.29, 0.717) is 27.8 Å². The molecule has 0 aliphatic heterocycles. The van der Waals surface area contributed by atoms with Crippen molar-refractivity contribution >= 4 is 29.0 Å². The molecule has 1 heterocycles. The normalized spacial score (nSPS) is 23.4. The quantitative estimate of drug-likeness (QED) is 0.376. The number of hydrogen-bond donors (Lipinski definition) is 4. The molecular formula is C26H31ClN4O5. The van der Waals surface area contributed by atoms with Crippen molar-refractivity contribution in [3.63, 3.8) is 0 Å². The summed E-state index contributed by atoms with van der Waals surface area (Å²) in [5.41, 5.74) is 11.4. The maximum atomic E-state index is 12.8. The van der Waals surface area contributed by atoms with Gasteiger partial charge in [-0.15, -0.1) is 0 Å². The predicted molar refractivity (Wildman–Crippen MR) is 135 cm³/mol. The molecule has 6 N–H and O–H groups in total. The van der Waals surface area contributed by atoms with Gasteiger partial charge in [0.1, 0.15) is 18.1 Å². The van der Waals surface area contributed by atoms with Crippen LogP contribution in [-0.2, 0) is 4.79 Å². The second-order valence-corrected chi connectivity index (χ2v) is 10.7. The van der Waals surface area contributed by atoms with Crippen LogP contribution in [0.2, 0.25) is 5.02 Å². The van der Waals surface area contributed by atoms with Crippen molar-refractivity contribution in [2.75, 3.05) is 6.61 Å². The van der Waals surface area contributed by atoms with E-state index in [9.17, 15) is 14.7 Å². The molecule has 1 spiro atoms. The van der Waals surface area contributed by atoms with Crippen LogP contribution >= 0.6 is 11.6 Å². The Bertz CT molecular complexity index is 1160. The van der Waals surface area contributed by atoms with Crippen molar-refractivity contribution in [3.8, 4) is 11.5 Å². The number of nitrogens with two attached hydrogens (primary N) is 2. The molecule has 2 aromatic rings. The van der Waals surface area contributed by atoms with Crippen LogP contribution in [0.15, 0.2) is 42.7 Å². The summed E-state index contributed by atoms with van der Waals surface area (Å²) in [4.78, 5) is 28.8. The Morgan fingerprint density at radius 2 is 1.97 bits per heavy atom. The summed E-state index contributed by atoms with van der Waals surface area (Å²) in [6, 6.07) is 8.16. The zero-order chi connectivity index (χ0) is 26.1. The molecule has 36 heavy (non-hydrogen) atoms. The maximum Gasteiger partial charge on any atom is 0.255 e. The maximum absolute atomic E-state index is 12.8. The smallest absolute Gasteiger partial charge is 0.255 e. The number of amides is 2. The van der Waals surface area contributed by atoms with Gasteiger partial charge in [-0.05, 0) is 75.3 Å². The lowest BCUT2D eigenvalue weighted by molar-refractivity contribution is -0.122. The van der Waals surface area contributed by atoms with Crippen molar-refractivity contribution in [2.45, 2.75) is 57.3 Å². The first-order valence-electron chi connectivity index (χ1n) is 11.8. The fourth-order valence-corrected chi connectivity index (χ4v) is 4.97. The number of nitrogens with zero attached hydrogens (tertiary/aromatic N) is 1. The minimum absolute atomic E-state index is 0.0286. The monoisotopic (exact) mass is 514 g/mol. The number of nitrogens with one attached hydrogen (secondary N) is 1. The molecule has 2 aliphatic carbocycles. The van der Waals surface area contributed by atoms with Gasteiger partial charge in [0.05, 0.1) is 34.7 Å². The van der Waals surface area contributed by atoms with E-state index in [1.807, 2.05) is 0 Å². The topological polar surface area (TPSA) is 150 Å². The van der Waals surface area contributed by atoms with Gasteiger partial charge in [-0.25, -0.2) is 0 Å². The molecular weight excluding hydrogens is 484 g/mol. The van der Waals surface area contributed by atoms with Crippen LogP contribution in [0.5, 0.6) is 11.5 Å². The highest BCUT2D eigenvalue weighted by molar-refractivity contribution is 6.30. The fourth-order valence-electron chi connectivity index (χ4n) is 4.81. The Labute approximate surface area is 214 Å². The Balaban J connectivity index is 1.26. The van der Waals surface area contributed by atoms with Crippen LogP contribution in [-0.4, -0.2) is 46.3 Å². The van der Waals surface area contributed by atoms with Crippen molar-refractivity contribution < 1.29 is 24.2 Å². The first-order chi connectivity index (χ1) is 17.0. The number of primary amides is 1. The lowest BCUT2D eigenvalue weighted by Crippen LogP contribution is -2.58. The van der Waals surface area contributed by atoms with Gasteiger partial charge in [0.2, 0.25) is 0 Å². The van der Waals surface area contributed by atoms with Crippen LogP contribution in [0.4, 0.5) is 0 Å². The largest absolute Gasteiger partial charge is 0.490 e. The average molecular weight is 515 g/mol. The number of benzene rings is 1. The van der Waals surface area contributed by atoms with Gasteiger partial charge in [0, 0.05) is 17.3 Å². The number of pyridine rings is 1. The Hall–Kier alpha value is -3.30. The van der Waals surface area contributed by atoms with Crippen molar-refractivity contribution in [1.82, 2.24) is 10.3 Å². The first-order valence-corrected chi connectivity index (χ1v) is 12.2. The third-order valence-electron chi connectivity index (χ3n) is 6.53. The molecule has 0 bridgehead atoms. The first kappa shape index (κ1) is 25.8. The lowest BCUT2D eigenvalue weighted by Gasteiger charge is -2.57. The molecule has 1 aromatic heterocycles. The van der Waals surface area contributed by atoms with E-state index in [1.165, 1.54) is 12.4 Å². The van der Waals surface area contributed by atoms with Gasteiger partial charge in [-0.2, -0.15) is 0 Å². The molecule has 192 valence electrons. The van der Waals surface area contributed by atoms with Crippen LogP contribution < -0.4 is 26.3 Å². The van der Waals surface area contributed by atoms with Gasteiger partial charge in [0.15, 0.2) is 0 Å². The molecule has 0 unspecified atom stereocenters. The van der Waals surface area contributed by atoms with E-state index < -0.39 is 11.5 Å². The summed E-state index contributed by atoms with van der Waals surface area (Å²) in [6.07, 6.45) is 6.05. The van der Waals surface area contributed by atoms with E-state index in [2.05, 4.69) is 10.3 Å². The molecule has 2 fully saturated rings. The van der Waals surface area contributed by atoms with Gasteiger partial charge in [0.25, 0.3) is 11.8 Å².